The summed E-state index contributed by atoms with van der Waals surface area (Å²) in [7, 11) is 1.81. The average molecular weight is 372 g/mol. The second-order valence-electron chi connectivity index (χ2n) is 8.88. The van der Waals surface area contributed by atoms with E-state index in [0.29, 0.717) is 13.1 Å². The number of carbonyl (C=O) groups is 2. The predicted octanol–water partition coefficient (Wildman–Crippen LogP) is 1.31. The number of hydrogen-bond acceptors (Lipinski definition) is 4. The van der Waals surface area contributed by atoms with E-state index in [2.05, 4.69) is 5.10 Å². The van der Waals surface area contributed by atoms with Crippen LogP contribution in [0.25, 0.3) is 0 Å². The number of likely N-dealkylation sites (tertiary alicyclic amines) is 1. The molecule has 4 heterocycles. The predicted molar refractivity (Wildman–Crippen MR) is 99.7 cm³/mol. The lowest BCUT2D eigenvalue weighted by Gasteiger charge is -2.34. The van der Waals surface area contributed by atoms with E-state index in [1.54, 1.807) is 11.1 Å². The van der Waals surface area contributed by atoms with E-state index in [1.807, 2.05) is 61.8 Å². The van der Waals surface area contributed by atoms with Gasteiger partial charge in [0.15, 0.2) is 0 Å². The molecular formula is C20H28N4O3. The maximum Gasteiger partial charge on any atom is 0.230 e. The minimum Gasteiger partial charge on any atom is -0.360 e. The second kappa shape index (κ2) is 6.19. The van der Waals surface area contributed by atoms with Gasteiger partial charge < -0.3 is 14.5 Å². The SMILES string of the molecule is CN(CCCn1cccn1)C(=O)[C@@H]1[C@@H]2C=C[C@@]3(CN(C(C)(C)C)C(=O)[C@@H]13)O2. The Morgan fingerprint density at radius 1 is 1.44 bits per heavy atom. The second-order valence-corrected chi connectivity index (χ2v) is 8.88. The Morgan fingerprint density at radius 2 is 2.22 bits per heavy atom. The first kappa shape index (κ1) is 18.2. The van der Waals surface area contributed by atoms with Crippen LogP contribution in [0.5, 0.6) is 0 Å². The number of rotatable bonds is 5. The molecule has 0 radical (unpaired) electrons. The number of fused-ring (bicyclic) bond motifs is 1. The molecule has 1 aromatic heterocycles. The molecule has 0 saturated carbocycles. The smallest absolute Gasteiger partial charge is 0.230 e. The summed E-state index contributed by atoms with van der Waals surface area (Å²) in [5, 5.41) is 4.18. The molecule has 2 fully saturated rings. The Morgan fingerprint density at radius 3 is 2.89 bits per heavy atom. The summed E-state index contributed by atoms with van der Waals surface area (Å²) in [4.78, 5) is 29.9. The van der Waals surface area contributed by atoms with Crippen molar-refractivity contribution in [3.63, 3.8) is 0 Å². The number of hydrogen-bond donors (Lipinski definition) is 0. The zero-order valence-corrected chi connectivity index (χ0v) is 16.5. The minimum atomic E-state index is -0.634. The zero-order chi connectivity index (χ0) is 19.4. The summed E-state index contributed by atoms with van der Waals surface area (Å²) in [6, 6.07) is 1.89. The van der Waals surface area contributed by atoms with Crippen molar-refractivity contribution in [2.24, 2.45) is 11.8 Å². The lowest BCUT2D eigenvalue weighted by atomic mass is 9.76. The van der Waals surface area contributed by atoms with Gasteiger partial charge in [-0.1, -0.05) is 12.2 Å². The van der Waals surface area contributed by atoms with Crippen LogP contribution in [0.1, 0.15) is 27.2 Å². The third-order valence-corrected chi connectivity index (χ3v) is 6.01. The van der Waals surface area contributed by atoms with Gasteiger partial charge in [-0.25, -0.2) is 0 Å². The summed E-state index contributed by atoms with van der Waals surface area (Å²) in [6.45, 7) is 7.99. The molecule has 4 atom stereocenters. The molecule has 3 aliphatic heterocycles. The first-order valence-electron chi connectivity index (χ1n) is 9.64. The molecule has 27 heavy (non-hydrogen) atoms. The van der Waals surface area contributed by atoms with E-state index in [4.69, 9.17) is 4.74 Å². The molecule has 7 heteroatoms. The lowest BCUT2D eigenvalue weighted by molar-refractivity contribution is -0.144. The van der Waals surface area contributed by atoms with Gasteiger partial charge in [0.05, 0.1) is 24.5 Å². The fraction of sp³-hybridized carbons (Fsp3) is 0.650. The van der Waals surface area contributed by atoms with Crippen LogP contribution in [0.4, 0.5) is 0 Å². The fourth-order valence-corrected chi connectivity index (χ4v) is 4.62. The Bertz CT molecular complexity index is 767. The minimum absolute atomic E-state index is 0.000740. The summed E-state index contributed by atoms with van der Waals surface area (Å²) in [5.41, 5.74) is -0.917. The maximum atomic E-state index is 13.2. The summed E-state index contributed by atoms with van der Waals surface area (Å²) < 4.78 is 8.05. The largest absolute Gasteiger partial charge is 0.360 e. The number of carbonyl (C=O) groups excluding carboxylic acids is 2. The van der Waals surface area contributed by atoms with Gasteiger partial charge in [0.1, 0.15) is 5.60 Å². The monoisotopic (exact) mass is 372 g/mol. The van der Waals surface area contributed by atoms with Gasteiger partial charge in [-0.05, 0) is 33.3 Å². The Balaban J connectivity index is 1.46. The third-order valence-electron chi connectivity index (χ3n) is 6.01. The van der Waals surface area contributed by atoms with E-state index < -0.39 is 17.4 Å². The van der Waals surface area contributed by atoms with Crippen LogP contribution in [0, 0.1) is 11.8 Å². The van der Waals surface area contributed by atoms with Crippen molar-refractivity contribution in [2.45, 2.75) is 51.0 Å². The van der Waals surface area contributed by atoms with E-state index in [0.717, 1.165) is 13.0 Å². The third kappa shape index (κ3) is 2.88. The van der Waals surface area contributed by atoms with Crippen molar-refractivity contribution in [3.8, 4) is 0 Å². The maximum absolute atomic E-state index is 13.2. The van der Waals surface area contributed by atoms with Crippen molar-refractivity contribution in [2.75, 3.05) is 20.1 Å². The molecule has 0 aromatic carbocycles. The molecule has 0 N–H and O–H groups in total. The highest BCUT2D eigenvalue weighted by atomic mass is 16.5. The normalized spacial score (nSPS) is 31.6. The average Bonchev–Trinajstić information content (AvgIpc) is 3.35. The zero-order valence-electron chi connectivity index (χ0n) is 16.5. The Kier molecular flexibility index (Phi) is 4.18. The molecule has 0 aliphatic carbocycles. The summed E-state index contributed by atoms with van der Waals surface area (Å²) in [6.07, 6.45) is 8.17. The molecular weight excluding hydrogens is 344 g/mol. The topological polar surface area (TPSA) is 67.7 Å². The van der Waals surface area contributed by atoms with Crippen molar-refractivity contribution >= 4 is 11.8 Å². The summed E-state index contributed by atoms with van der Waals surface area (Å²) in [5.74, 6) is -0.796. The molecule has 1 spiro atoms. The highest BCUT2D eigenvalue weighted by molar-refractivity contribution is 5.93. The van der Waals surface area contributed by atoms with Crippen LogP contribution in [-0.4, -0.2) is 68.8 Å². The van der Waals surface area contributed by atoms with Crippen LogP contribution >= 0.6 is 0 Å². The Labute approximate surface area is 159 Å². The number of amides is 2. The van der Waals surface area contributed by atoms with Gasteiger partial charge in [-0.15, -0.1) is 0 Å². The number of ether oxygens (including phenoxy) is 1. The lowest BCUT2D eigenvalue weighted by Crippen LogP contribution is -2.47. The number of aryl methyl sites for hydroxylation is 1. The molecule has 2 saturated heterocycles. The van der Waals surface area contributed by atoms with Crippen molar-refractivity contribution in [1.82, 2.24) is 19.6 Å². The highest BCUT2D eigenvalue weighted by Crippen LogP contribution is 2.53. The molecule has 7 nitrogen and oxygen atoms in total. The van der Waals surface area contributed by atoms with Crippen molar-refractivity contribution < 1.29 is 14.3 Å². The molecule has 4 rings (SSSR count). The van der Waals surface area contributed by atoms with Gasteiger partial charge in [0, 0.05) is 38.1 Å². The molecule has 146 valence electrons. The van der Waals surface area contributed by atoms with E-state index in [-0.39, 0.29) is 23.5 Å². The van der Waals surface area contributed by atoms with E-state index >= 15 is 0 Å². The number of aromatic nitrogens is 2. The highest BCUT2D eigenvalue weighted by Gasteiger charge is 2.68. The number of nitrogens with zero attached hydrogens (tertiary/aromatic N) is 4. The molecule has 3 aliphatic rings. The van der Waals surface area contributed by atoms with Gasteiger partial charge in [0.2, 0.25) is 11.8 Å². The standard InChI is InChI=1S/C20H28N4O3/c1-19(2,3)24-13-20-8-7-14(27-20)15(16(20)18(24)26)17(25)22(4)10-6-12-23-11-5-9-21-23/h5,7-9,11,14-16H,6,10,12-13H2,1-4H3/t14-,15+,16+,20-/m0/s1. The van der Waals surface area contributed by atoms with E-state index in [1.165, 1.54) is 0 Å². The van der Waals surface area contributed by atoms with Crippen LogP contribution < -0.4 is 0 Å². The van der Waals surface area contributed by atoms with Gasteiger partial charge in [-0.3, -0.25) is 14.3 Å². The first-order valence-corrected chi connectivity index (χ1v) is 9.64. The van der Waals surface area contributed by atoms with Crippen LogP contribution in [0.15, 0.2) is 30.6 Å². The van der Waals surface area contributed by atoms with E-state index in [9.17, 15) is 9.59 Å². The summed E-state index contributed by atoms with van der Waals surface area (Å²) >= 11 is 0. The van der Waals surface area contributed by atoms with Crippen molar-refractivity contribution in [3.05, 3.63) is 30.6 Å². The first-order chi connectivity index (χ1) is 12.7. The molecule has 2 bridgehead atoms. The van der Waals surface area contributed by atoms with Gasteiger partial charge in [-0.2, -0.15) is 5.10 Å². The van der Waals surface area contributed by atoms with Gasteiger partial charge in [0.25, 0.3) is 0 Å². The molecule has 2 amide bonds. The molecule has 1 aromatic rings. The van der Waals surface area contributed by atoms with Crippen LogP contribution in [0.2, 0.25) is 0 Å². The van der Waals surface area contributed by atoms with Gasteiger partial charge >= 0.3 is 0 Å². The van der Waals surface area contributed by atoms with Crippen LogP contribution in [-0.2, 0) is 20.9 Å². The Hall–Kier alpha value is -2.15. The molecule has 0 unspecified atom stereocenters. The fourth-order valence-electron chi connectivity index (χ4n) is 4.62. The quantitative estimate of drug-likeness (QED) is 0.731. The van der Waals surface area contributed by atoms with Crippen LogP contribution in [0.3, 0.4) is 0 Å². The van der Waals surface area contributed by atoms with Crippen molar-refractivity contribution in [1.29, 1.82) is 0 Å².